The van der Waals surface area contributed by atoms with Gasteiger partial charge in [0.1, 0.15) is 5.82 Å². The van der Waals surface area contributed by atoms with Crippen LogP contribution in [0, 0.1) is 11.8 Å². The summed E-state index contributed by atoms with van der Waals surface area (Å²) in [7, 11) is 0. The average molecular weight is 250 g/mol. The van der Waals surface area contributed by atoms with Crippen molar-refractivity contribution in [3.8, 4) is 11.8 Å². The summed E-state index contributed by atoms with van der Waals surface area (Å²) in [4.78, 5) is 4.31. The molecule has 3 nitrogen and oxygen atoms in total. The van der Waals surface area contributed by atoms with Gasteiger partial charge >= 0.3 is 0 Å². The second kappa shape index (κ2) is 5.13. The van der Waals surface area contributed by atoms with E-state index in [9.17, 15) is 5.11 Å². The Kier molecular flexibility index (Phi) is 3.18. The highest BCUT2D eigenvalue weighted by atomic mass is 16.3. The maximum atomic E-state index is 9.94. The van der Waals surface area contributed by atoms with Gasteiger partial charge in [0.2, 0.25) is 0 Å². The van der Waals surface area contributed by atoms with Gasteiger partial charge < -0.3 is 10.4 Å². The van der Waals surface area contributed by atoms with Gasteiger partial charge in [0.05, 0.1) is 6.10 Å². The van der Waals surface area contributed by atoms with Crippen molar-refractivity contribution in [3.05, 3.63) is 59.3 Å². The minimum Gasteiger partial charge on any atom is -0.388 e. The molecule has 3 heteroatoms. The Morgan fingerprint density at radius 1 is 1.16 bits per heavy atom. The molecule has 0 saturated carbocycles. The Bertz CT molecular complexity index is 641. The van der Waals surface area contributed by atoms with Crippen LogP contribution in [-0.2, 0) is 0 Å². The molecule has 0 aliphatic carbocycles. The summed E-state index contributed by atoms with van der Waals surface area (Å²) in [5.74, 6) is 6.94. The van der Waals surface area contributed by atoms with Crippen LogP contribution in [0.3, 0.4) is 0 Å². The highest BCUT2D eigenvalue weighted by Crippen LogP contribution is 2.28. The summed E-state index contributed by atoms with van der Waals surface area (Å²) in [5.41, 5.74) is 2.63. The minimum absolute atomic E-state index is 0.442. The first-order valence-corrected chi connectivity index (χ1v) is 6.32. The molecular formula is C16H14N2O. The smallest absolute Gasteiger partial charge is 0.131 e. The van der Waals surface area contributed by atoms with Crippen molar-refractivity contribution in [2.24, 2.45) is 0 Å². The van der Waals surface area contributed by atoms with E-state index in [2.05, 4.69) is 22.1 Å². The van der Waals surface area contributed by atoms with Gasteiger partial charge in [0, 0.05) is 29.4 Å². The molecule has 0 bridgehead atoms. The van der Waals surface area contributed by atoms with Crippen LogP contribution in [-0.4, -0.2) is 16.6 Å². The number of benzene rings is 1. The fraction of sp³-hybridized carbons (Fsp3) is 0.188. The zero-order chi connectivity index (χ0) is 13.1. The molecule has 2 heterocycles. The van der Waals surface area contributed by atoms with E-state index in [1.807, 2.05) is 36.4 Å². The number of rotatable bonds is 0. The van der Waals surface area contributed by atoms with Crippen LogP contribution in [0.4, 0.5) is 5.82 Å². The first kappa shape index (κ1) is 11.8. The monoisotopic (exact) mass is 250 g/mol. The van der Waals surface area contributed by atoms with Gasteiger partial charge in [-0.2, -0.15) is 0 Å². The molecule has 94 valence electrons. The van der Waals surface area contributed by atoms with Crippen LogP contribution in [0.25, 0.3) is 0 Å². The van der Waals surface area contributed by atoms with E-state index >= 15 is 0 Å². The molecule has 0 fully saturated rings. The van der Waals surface area contributed by atoms with E-state index in [-0.39, 0.29) is 0 Å². The molecular weight excluding hydrogens is 236 g/mol. The maximum absolute atomic E-state index is 9.94. The van der Waals surface area contributed by atoms with Crippen molar-refractivity contribution in [1.29, 1.82) is 0 Å². The van der Waals surface area contributed by atoms with Crippen molar-refractivity contribution in [1.82, 2.24) is 4.98 Å². The van der Waals surface area contributed by atoms with E-state index in [1.165, 1.54) is 0 Å². The number of nitrogens with one attached hydrogen (secondary N) is 1. The first-order chi connectivity index (χ1) is 9.33. The molecule has 0 radical (unpaired) electrons. The largest absolute Gasteiger partial charge is 0.388 e. The number of hydrogen-bond acceptors (Lipinski definition) is 3. The Hall–Kier alpha value is -2.31. The van der Waals surface area contributed by atoms with Gasteiger partial charge in [0.15, 0.2) is 0 Å². The lowest BCUT2D eigenvalue weighted by Gasteiger charge is -2.21. The van der Waals surface area contributed by atoms with Crippen LogP contribution in [0.5, 0.6) is 0 Å². The SMILES string of the molecule is OC1CCNc2ncc(C#Cc3ccccc3)cc21. The normalized spacial score (nSPS) is 16.8. The molecule has 1 unspecified atom stereocenters. The van der Waals surface area contributed by atoms with Crippen LogP contribution >= 0.6 is 0 Å². The van der Waals surface area contributed by atoms with Gasteiger partial charge in [-0.3, -0.25) is 0 Å². The number of anilines is 1. The molecule has 2 N–H and O–H groups in total. The van der Waals surface area contributed by atoms with Crippen LogP contribution < -0.4 is 5.32 Å². The number of aromatic nitrogens is 1. The van der Waals surface area contributed by atoms with E-state index in [0.29, 0.717) is 6.42 Å². The van der Waals surface area contributed by atoms with Crippen molar-refractivity contribution in [2.75, 3.05) is 11.9 Å². The number of pyridine rings is 1. The lowest BCUT2D eigenvalue weighted by Crippen LogP contribution is -2.17. The van der Waals surface area contributed by atoms with E-state index in [0.717, 1.165) is 29.1 Å². The molecule has 1 atom stereocenters. The average Bonchev–Trinajstić information content (AvgIpc) is 2.47. The Labute approximate surface area is 112 Å². The van der Waals surface area contributed by atoms with E-state index < -0.39 is 6.10 Å². The summed E-state index contributed by atoms with van der Waals surface area (Å²) < 4.78 is 0. The Morgan fingerprint density at radius 2 is 1.95 bits per heavy atom. The molecule has 3 rings (SSSR count). The summed E-state index contributed by atoms with van der Waals surface area (Å²) in [5, 5.41) is 13.1. The molecule has 0 amide bonds. The second-order valence-corrected chi connectivity index (χ2v) is 4.51. The van der Waals surface area contributed by atoms with E-state index in [4.69, 9.17) is 0 Å². The topological polar surface area (TPSA) is 45.1 Å². The number of nitrogens with zero attached hydrogens (tertiary/aromatic N) is 1. The number of fused-ring (bicyclic) bond motifs is 1. The third kappa shape index (κ3) is 2.59. The van der Waals surface area contributed by atoms with Gasteiger partial charge in [0.25, 0.3) is 0 Å². The molecule has 19 heavy (non-hydrogen) atoms. The maximum Gasteiger partial charge on any atom is 0.131 e. The number of aliphatic hydroxyl groups is 1. The summed E-state index contributed by atoms with van der Waals surface area (Å²) in [6.45, 7) is 0.760. The number of hydrogen-bond donors (Lipinski definition) is 2. The quantitative estimate of drug-likeness (QED) is 0.705. The molecule has 1 aromatic carbocycles. The molecule has 0 spiro atoms. The predicted octanol–water partition coefficient (Wildman–Crippen LogP) is 2.33. The highest BCUT2D eigenvalue weighted by molar-refractivity contribution is 5.52. The van der Waals surface area contributed by atoms with Crippen LogP contribution in [0.15, 0.2) is 42.6 Å². The van der Waals surface area contributed by atoms with Crippen molar-refractivity contribution in [3.63, 3.8) is 0 Å². The molecule has 1 aromatic heterocycles. The van der Waals surface area contributed by atoms with Crippen molar-refractivity contribution in [2.45, 2.75) is 12.5 Å². The lowest BCUT2D eigenvalue weighted by atomic mass is 10.0. The zero-order valence-electron chi connectivity index (χ0n) is 10.4. The summed E-state index contributed by atoms with van der Waals surface area (Å²) in [6.07, 6.45) is 2.01. The molecule has 1 aliphatic rings. The third-order valence-corrected chi connectivity index (χ3v) is 3.11. The van der Waals surface area contributed by atoms with Crippen LogP contribution in [0.1, 0.15) is 29.2 Å². The van der Waals surface area contributed by atoms with Gasteiger partial charge in [-0.05, 0) is 24.6 Å². The van der Waals surface area contributed by atoms with Gasteiger partial charge in [-0.25, -0.2) is 4.98 Å². The number of aliphatic hydroxyl groups excluding tert-OH is 1. The first-order valence-electron chi connectivity index (χ1n) is 6.32. The fourth-order valence-corrected chi connectivity index (χ4v) is 2.10. The van der Waals surface area contributed by atoms with Crippen molar-refractivity contribution >= 4 is 5.82 Å². The van der Waals surface area contributed by atoms with E-state index in [1.54, 1.807) is 6.20 Å². The van der Waals surface area contributed by atoms with Gasteiger partial charge in [-0.15, -0.1) is 0 Å². The summed E-state index contributed by atoms with van der Waals surface area (Å²) >= 11 is 0. The minimum atomic E-state index is -0.442. The molecule has 2 aromatic rings. The zero-order valence-corrected chi connectivity index (χ0v) is 10.4. The third-order valence-electron chi connectivity index (χ3n) is 3.11. The molecule has 0 saturated heterocycles. The fourth-order valence-electron chi connectivity index (χ4n) is 2.10. The lowest BCUT2D eigenvalue weighted by molar-refractivity contribution is 0.168. The molecule has 1 aliphatic heterocycles. The summed E-state index contributed by atoms with van der Waals surface area (Å²) in [6, 6.07) is 11.7. The Balaban J connectivity index is 1.91. The standard InChI is InChI=1S/C16H14N2O/c19-15-8-9-17-16-14(15)10-13(11-18-16)7-6-12-4-2-1-3-5-12/h1-5,10-11,15,19H,8-9H2,(H,17,18). The van der Waals surface area contributed by atoms with Gasteiger partial charge in [-0.1, -0.05) is 30.0 Å². The predicted molar refractivity (Wildman–Crippen MR) is 74.7 cm³/mol. The highest BCUT2D eigenvalue weighted by Gasteiger charge is 2.18. The van der Waals surface area contributed by atoms with Crippen molar-refractivity contribution < 1.29 is 5.11 Å². The van der Waals surface area contributed by atoms with Crippen LogP contribution in [0.2, 0.25) is 0 Å². The Morgan fingerprint density at radius 3 is 2.79 bits per heavy atom. The second-order valence-electron chi connectivity index (χ2n) is 4.51.